The quantitative estimate of drug-likeness (QED) is 0.804. The summed E-state index contributed by atoms with van der Waals surface area (Å²) in [6.45, 7) is 7.78. The topological polar surface area (TPSA) is 32.7 Å². The zero-order chi connectivity index (χ0) is 17.8. The van der Waals surface area contributed by atoms with Crippen molar-refractivity contribution < 1.29 is 9.84 Å². The lowest BCUT2D eigenvalue weighted by atomic mass is 9.85. The molecule has 1 saturated heterocycles. The summed E-state index contributed by atoms with van der Waals surface area (Å²) >= 11 is 6.47. The summed E-state index contributed by atoms with van der Waals surface area (Å²) in [6.07, 6.45) is 0.572. The predicted molar refractivity (Wildman–Crippen MR) is 103 cm³/mol. The van der Waals surface area contributed by atoms with Gasteiger partial charge in [-0.05, 0) is 43.0 Å². The normalized spacial score (nSPS) is 15.2. The van der Waals surface area contributed by atoms with Crippen molar-refractivity contribution in [2.75, 3.05) is 26.3 Å². The van der Waals surface area contributed by atoms with E-state index in [2.05, 4.69) is 42.2 Å². The smallest absolute Gasteiger partial charge is 0.126 e. The van der Waals surface area contributed by atoms with E-state index in [1.165, 1.54) is 11.1 Å². The molecule has 2 aromatic carbocycles. The van der Waals surface area contributed by atoms with Crippen LogP contribution in [0.2, 0.25) is 5.02 Å². The molecule has 0 radical (unpaired) electrons. The van der Waals surface area contributed by atoms with Crippen molar-refractivity contribution in [1.82, 2.24) is 4.90 Å². The molecule has 1 aliphatic rings. The van der Waals surface area contributed by atoms with Crippen LogP contribution >= 0.6 is 11.6 Å². The van der Waals surface area contributed by atoms with Gasteiger partial charge in [-0.1, -0.05) is 41.9 Å². The molecule has 134 valence electrons. The van der Waals surface area contributed by atoms with E-state index < -0.39 is 0 Å². The second-order valence-corrected chi connectivity index (χ2v) is 7.08. The molecule has 1 aliphatic heterocycles. The van der Waals surface area contributed by atoms with Crippen molar-refractivity contribution in [2.24, 2.45) is 0 Å². The Bertz CT molecular complexity index is 712. The van der Waals surface area contributed by atoms with Gasteiger partial charge in [-0.25, -0.2) is 0 Å². The first-order valence-corrected chi connectivity index (χ1v) is 9.33. The largest absolute Gasteiger partial charge is 0.493 e. The van der Waals surface area contributed by atoms with E-state index in [4.69, 9.17) is 16.3 Å². The van der Waals surface area contributed by atoms with E-state index in [1.54, 1.807) is 0 Å². The third-order valence-electron chi connectivity index (χ3n) is 4.88. The van der Waals surface area contributed by atoms with Gasteiger partial charge in [0.15, 0.2) is 0 Å². The van der Waals surface area contributed by atoms with Gasteiger partial charge in [-0.2, -0.15) is 0 Å². The molecule has 3 nitrogen and oxygen atoms in total. The summed E-state index contributed by atoms with van der Waals surface area (Å²) in [5.74, 6) is 1.37. The molecule has 1 heterocycles. The summed E-state index contributed by atoms with van der Waals surface area (Å²) in [4.78, 5) is 2.45. The molecule has 25 heavy (non-hydrogen) atoms. The summed E-state index contributed by atoms with van der Waals surface area (Å²) in [5.41, 5.74) is 4.68. The minimum atomic E-state index is 0.101. The molecule has 1 N–H and O–H groups in total. The van der Waals surface area contributed by atoms with E-state index in [-0.39, 0.29) is 6.61 Å². The fourth-order valence-corrected chi connectivity index (χ4v) is 3.87. The molecular formula is C21H26ClNO2. The Balaban J connectivity index is 1.80. The standard InChI is InChI=1S/C21H26ClNO2/c1-3-25-21-17(9-10-24)11-19(22)15(2)20(21)18-13-23(14-18)12-16-7-5-4-6-8-16/h4-8,11,18,24H,3,9-10,12-14H2,1-2H3. The third-order valence-corrected chi connectivity index (χ3v) is 5.28. The number of ether oxygens (including phenoxy) is 1. The average Bonchev–Trinajstić information content (AvgIpc) is 2.58. The highest BCUT2D eigenvalue weighted by molar-refractivity contribution is 6.31. The van der Waals surface area contributed by atoms with E-state index in [0.717, 1.165) is 41.5 Å². The third kappa shape index (κ3) is 4.00. The number of aliphatic hydroxyl groups is 1. The van der Waals surface area contributed by atoms with Crippen LogP contribution in [0.1, 0.15) is 35.1 Å². The highest BCUT2D eigenvalue weighted by atomic mass is 35.5. The van der Waals surface area contributed by atoms with Crippen molar-refractivity contribution in [3.05, 3.63) is 63.7 Å². The van der Waals surface area contributed by atoms with Crippen LogP contribution in [-0.4, -0.2) is 36.3 Å². The maximum atomic E-state index is 9.37. The van der Waals surface area contributed by atoms with E-state index in [0.29, 0.717) is 18.9 Å². The molecule has 0 unspecified atom stereocenters. The first-order valence-electron chi connectivity index (χ1n) is 8.95. The summed E-state index contributed by atoms with van der Waals surface area (Å²) in [6, 6.07) is 12.5. The van der Waals surface area contributed by atoms with Gasteiger partial charge in [0.05, 0.1) is 6.61 Å². The summed E-state index contributed by atoms with van der Waals surface area (Å²) in [7, 11) is 0. The Morgan fingerprint density at radius 3 is 2.60 bits per heavy atom. The summed E-state index contributed by atoms with van der Waals surface area (Å²) < 4.78 is 5.98. The summed E-state index contributed by atoms with van der Waals surface area (Å²) in [5, 5.41) is 10.1. The molecule has 0 bridgehead atoms. The van der Waals surface area contributed by atoms with Gasteiger partial charge in [0.1, 0.15) is 5.75 Å². The first kappa shape index (κ1) is 18.2. The molecule has 4 heteroatoms. The number of likely N-dealkylation sites (tertiary alicyclic amines) is 1. The zero-order valence-electron chi connectivity index (χ0n) is 15.0. The lowest BCUT2D eigenvalue weighted by Gasteiger charge is -2.41. The fraction of sp³-hybridized carbons (Fsp3) is 0.429. The second-order valence-electron chi connectivity index (χ2n) is 6.67. The molecule has 3 rings (SSSR count). The minimum Gasteiger partial charge on any atom is -0.493 e. The number of halogens is 1. The van der Waals surface area contributed by atoms with Gasteiger partial charge >= 0.3 is 0 Å². The molecule has 0 aromatic heterocycles. The molecule has 0 spiro atoms. The molecule has 0 saturated carbocycles. The molecule has 0 atom stereocenters. The number of nitrogens with zero attached hydrogens (tertiary/aromatic N) is 1. The molecular weight excluding hydrogens is 334 g/mol. The lowest BCUT2D eigenvalue weighted by molar-refractivity contribution is 0.136. The lowest BCUT2D eigenvalue weighted by Crippen LogP contribution is -2.44. The second kappa shape index (κ2) is 8.22. The zero-order valence-corrected chi connectivity index (χ0v) is 15.7. The van der Waals surface area contributed by atoms with Crippen LogP contribution < -0.4 is 4.74 Å². The highest BCUT2D eigenvalue weighted by Crippen LogP contribution is 2.41. The Kier molecular flexibility index (Phi) is 6.00. The van der Waals surface area contributed by atoms with Crippen LogP contribution in [0.4, 0.5) is 0 Å². The molecule has 0 aliphatic carbocycles. The van der Waals surface area contributed by atoms with E-state index in [1.807, 2.05) is 13.0 Å². The van der Waals surface area contributed by atoms with Gasteiger partial charge in [-0.15, -0.1) is 0 Å². The van der Waals surface area contributed by atoms with Gasteiger partial charge < -0.3 is 9.84 Å². The molecule has 1 fully saturated rings. The van der Waals surface area contributed by atoms with Crippen LogP contribution in [0.5, 0.6) is 5.75 Å². The average molecular weight is 360 g/mol. The number of hydrogen-bond donors (Lipinski definition) is 1. The van der Waals surface area contributed by atoms with Crippen LogP contribution in [0, 0.1) is 6.92 Å². The SMILES string of the molecule is CCOc1c(CCO)cc(Cl)c(C)c1C1CN(Cc2ccccc2)C1. The molecule has 2 aromatic rings. The van der Waals surface area contributed by atoms with Gasteiger partial charge in [-0.3, -0.25) is 4.90 Å². The van der Waals surface area contributed by atoms with Crippen LogP contribution in [0.3, 0.4) is 0 Å². The Hall–Kier alpha value is -1.55. The number of benzene rings is 2. The van der Waals surface area contributed by atoms with Crippen molar-refractivity contribution in [3.63, 3.8) is 0 Å². The monoisotopic (exact) mass is 359 g/mol. The van der Waals surface area contributed by atoms with Gasteiger partial charge in [0.25, 0.3) is 0 Å². The van der Waals surface area contributed by atoms with E-state index in [9.17, 15) is 5.11 Å². The number of aliphatic hydroxyl groups excluding tert-OH is 1. The van der Waals surface area contributed by atoms with Crippen molar-refractivity contribution >= 4 is 11.6 Å². The number of hydrogen-bond acceptors (Lipinski definition) is 3. The van der Waals surface area contributed by atoms with Crippen molar-refractivity contribution in [2.45, 2.75) is 32.7 Å². The first-order chi connectivity index (χ1) is 12.1. The van der Waals surface area contributed by atoms with Crippen LogP contribution in [0.15, 0.2) is 36.4 Å². The maximum absolute atomic E-state index is 9.37. The van der Waals surface area contributed by atoms with Gasteiger partial charge in [0, 0.05) is 42.7 Å². The van der Waals surface area contributed by atoms with E-state index >= 15 is 0 Å². The minimum absolute atomic E-state index is 0.101. The van der Waals surface area contributed by atoms with Gasteiger partial charge in [0.2, 0.25) is 0 Å². The molecule has 0 amide bonds. The van der Waals surface area contributed by atoms with Crippen LogP contribution in [0.25, 0.3) is 0 Å². The Morgan fingerprint density at radius 1 is 1.24 bits per heavy atom. The maximum Gasteiger partial charge on any atom is 0.126 e. The predicted octanol–water partition coefficient (Wildman–Crippen LogP) is 4.18. The van der Waals surface area contributed by atoms with Crippen molar-refractivity contribution in [3.8, 4) is 5.75 Å². The fourth-order valence-electron chi connectivity index (χ4n) is 3.63. The highest BCUT2D eigenvalue weighted by Gasteiger charge is 2.33. The Morgan fingerprint density at radius 2 is 1.96 bits per heavy atom. The Labute approximate surface area is 155 Å². The van der Waals surface area contributed by atoms with Crippen LogP contribution in [-0.2, 0) is 13.0 Å². The number of rotatable bonds is 7. The van der Waals surface area contributed by atoms with Crippen molar-refractivity contribution in [1.29, 1.82) is 0 Å².